The SMILES string of the molecule is CC(C)c1cccc(C(C)C)c1N[P+](C1=CC2=C(C1)C(C)(C)CC2(C)C)(c1ccccc1)c1ccccc1. The summed E-state index contributed by atoms with van der Waals surface area (Å²) in [6, 6.07) is 29.5. The molecule has 1 N–H and O–H groups in total. The fourth-order valence-electron chi connectivity index (χ4n) is 7.14. The van der Waals surface area contributed by atoms with Gasteiger partial charge in [0, 0.05) is 6.42 Å². The number of nitrogens with one attached hydrogen (secondary N) is 1. The highest BCUT2D eigenvalue weighted by molar-refractivity contribution is 7.94. The summed E-state index contributed by atoms with van der Waals surface area (Å²) in [4.78, 5) is 0. The number of hydrogen-bond acceptors (Lipinski definition) is 1. The van der Waals surface area contributed by atoms with Crippen molar-refractivity contribution in [3.8, 4) is 0 Å². The fourth-order valence-corrected chi connectivity index (χ4v) is 11.1. The van der Waals surface area contributed by atoms with Crippen LogP contribution in [0.15, 0.2) is 101 Å². The lowest BCUT2D eigenvalue weighted by Crippen LogP contribution is -2.31. The van der Waals surface area contributed by atoms with Crippen molar-refractivity contribution >= 4 is 23.7 Å². The second kappa shape index (κ2) is 9.84. The summed E-state index contributed by atoms with van der Waals surface area (Å²) in [6.07, 6.45) is 4.90. The Kier molecular flexibility index (Phi) is 6.98. The molecule has 1 nitrogen and oxygen atoms in total. The Balaban J connectivity index is 1.81. The first kappa shape index (κ1) is 27.0. The predicted octanol–water partition coefficient (Wildman–Crippen LogP) is 9.97. The number of hydrogen-bond donors (Lipinski definition) is 1. The quantitative estimate of drug-likeness (QED) is 0.304. The maximum Gasteiger partial charge on any atom is 0.195 e. The van der Waals surface area contributed by atoms with Gasteiger partial charge in [0.05, 0.1) is 5.69 Å². The van der Waals surface area contributed by atoms with Gasteiger partial charge in [0.15, 0.2) is 7.41 Å². The molecule has 3 aromatic rings. The van der Waals surface area contributed by atoms with Crippen molar-refractivity contribution < 1.29 is 0 Å². The van der Waals surface area contributed by atoms with E-state index in [1.54, 1.807) is 16.5 Å². The molecule has 0 aromatic heterocycles. The van der Waals surface area contributed by atoms with Crippen LogP contribution in [0.25, 0.3) is 0 Å². The lowest BCUT2D eigenvalue weighted by molar-refractivity contribution is 0.315. The minimum Gasteiger partial charge on any atom is -0.246 e. The highest BCUT2D eigenvalue weighted by Gasteiger charge is 2.55. The van der Waals surface area contributed by atoms with E-state index < -0.39 is 7.41 Å². The van der Waals surface area contributed by atoms with E-state index in [9.17, 15) is 0 Å². The standard InChI is InChI=1S/C36H45NP/c1-25(2)30-20-15-21-31(26(3)4)34(30)37-38(27-16-11-9-12-17-27,28-18-13-10-14-19-28)29-22-32-33(23-29)36(7,8)24-35(32,5)6/h9-22,25-26,37H,23-24H2,1-8H3/q+1. The lowest BCUT2D eigenvalue weighted by Gasteiger charge is -2.34. The van der Waals surface area contributed by atoms with Gasteiger partial charge in [0.1, 0.15) is 15.9 Å². The van der Waals surface area contributed by atoms with Gasteiger partial charge >= 0.3 is 0 Å². The van der Waals surface area contributed by atoms with Crippen molar-refractivity contribution in [3.63, 3.8) is 0 Å². The molecule has 3 aromatic carbocycles. The molecule has 0 unspecified atom stereocenters. The molecule has 0 fully saturated rings. The largest absolute Gasteiger partial charge is 0.246 e. The first-order valence-corrected chi connectivity index (χ1v) is 16.1. The summed E-state index contributed by atoms with van der Waals surface area (Å²) in [6.45, 7) is 19.1. The van der Waals surface area contributed by atoms with Crippen molar-refractivity contribution in [1.29, 1.82) is 0 Å². The Morgan fingerprint density at radius 2 is 1.16 bits per heavy atom. The summed E-state index contributed by atoms with van der Waals surface area (Å²) >= 11 is 0. The monoisotopic (exact) mass is 522 g/mol. The van der Waals surface area contributed by atoms with E-state index in [4.69, 9.17) is 0 Å². The summed E-state index contributed by atoms with van der Waals surface area (Å²) in [7, 11) is -2.20. The highest BCUT2D eigenvalue weighted by atomic mass is 31.2. The zero-order valence-corrected chi connectivity index (χ0v) is 25.5. The van der Waals surface area contributed by atoms with Crippen LogP contribution in [0.1, 0.15) is 91.2 Å². The zero-order valence-electron chi connectivity index (χ0n) is 24.6. The van der Waals surface area contributed by atoms with Crippen LogP contribution in [0, 0.1) is 10.8 Å². The molecule has 0 radical (unpaired) electrons. The Labute approximate surface area is 231 Å². The highest BCUT2D eigenvalue weighted by Crippen LogP contribution is 2.70. The third-order valence-electron chi connectivity index (χ3n) is 8.79. The van der Waals surface area contributed by atoms with Gasteiger partial charge in [0.2, 0.25) is 0 Å². The van der Waals surface area contributed by atoms with Crippen molar-refractivity contribution in [3.05, 3.63) is 113 Å². The van der Waals surface area contributed by atoms with Crippen molar-refractivity contribution in [1.82, 2.24) is 0 Å². The molecule has 0 heterocycles. The van der Waals surface area contributed by atoms with E-state index in [2.05, 4.69) is 145 Å². The molecule has 198 valence electrons. The first-order chi connectivity index (χ1) is 18.0. The van der Waals surface area contributed by atoms with Crippen LogP contribution in [0.2, 0.25) is 0 Å². The Morgan fingerprint density at radius 1 is 0.658 bits per heavy atom. The molecule has 0 amide bonds. The molecule has 38 heavy (non-hydrogen) atoms. The molecular weight excluding hydrogens is 477 g/mol. The zero-order chi connectivity index (χ0) is 27.3. The number of benzene rings is 3. The average molecular weight is 523 g/mol. The number of para-hydroxylation sites is 1. The third-order valence-corrected chi connectivity index (χ3v) is 12.6. The summed E-state index contributed by atoms with van der Waals surface area (Å²) in [5.74, 6) is 0.867. The van der Waals surface area contributed by atoms with Gasteiger partial charge in [0.25, 0.3) is 0 Å². The second-order valence-corrected chi connectivity index (χ2v) is 16.4. The van der Waals surface area contributed by atoms with Crippen molar-refractivity contribution in [2.24, 2.45) is 10.8 Å². The van der Waals surface area contributed by atoms with E-state index in [-0.39, 0.29) is 10.8 Å². The minimum atomic E-state index is -2.20. The average Bonchev–Trinajstić information content (AvgIpc) is 3.42. The van der Waals surface area contributed by atoms with Crippen molar-refractivity contribution in [2.45, 2.75) is 80.1 Å². The molecule has 2 aliphatic carbocycles. The van der Waals surface area contributed by atoms with Crippen LogP contribution in [-0.2, 0) is 0 Å². The number of rotatable bonds is 7. The molecular formula is C36H45NP+. The van der Waals surface area contributed by atoms with Crippen molar-refractivity contribution in [2.75, 3.05) is 5.09 Å². The number of allylic oxidation sites excluding steroid dienone is 4. The maximum atomic E-state index is 4.43. The van der Waals surface area contributed by atoms with Gasteiger partial charge in [-0.1, -0.05) is 116 Å². The Bertz CT molecular complexity index is 1310. The van der Waals surface area contributed by atoms with Crippen LogP contribution >= 0.6 is 7.41 Å². The van der Waals surface area contributed by atoms with Gasteiger partial charge in [-0.3, -0.25) is 0 Å². The van der Waals surface area contributed by atoms with E-state index in [1.165, 1.54) is 33.8 Å². The first-order valence-electron chi connectivity index (χ1n) is 14.3. The molecule has 5 rings (SSSR count). The van der Waals surface area contributed by atoms with Crippen LogP contribution in [0.5, 0.6) is 0 Å². The molecule has 2 heteroatoms. The van der Waals surface area contributed by atoms with E-state index >= 15 is 0 Å². The van der Waals surface area contributed by atoms with Gasteiger partial charge < -0.3 is 0 Å². The minimum absolute atomic E-state index is 0.197. The number of anilines is 1. The molecule has 0 spiro atoms. The topological polar surface area (TPSA) is 12.0 Å². The summed E-state index contributed by atoms with van der Waals surface area (Å²) < 4.78 is 0. The van der Waals surface area contributed by atoms with Crippen LogP contribution in [0.4, 0.5) is 5.69 Å². The molecule has 0 atom stereocenters. The fraction of sp³-hybridized carbons (Fsp3) is 0.389. The lowest BCUT2D eigenvalue weighted by atomic mass is 9.78. The Morgan fingerprint density at radius 3 is 1.61 bits per heavy atom. The molecule has 0 aliphatic heterocycles. The molecule has 2 aliphatic rings. The molecule has 0 bridgehead atoms. The summed E-state index contributed by atoms with van der Waals surface area (Å²) in [5, 5.41) is 8.80. The van der Waals surface area contributed by atoms with Gasteiger partial charge in [-0.2, -0.15) is 0 Å². The molecule has 0 saturated carbocycles. The second-order valence-electron chi connectivity index (χ2n) is 13.2. The Hall–Kier alpha value is -2.63. The van der Waals surface area contributed by atoms with Crippen LogP contribution in [-0.4, -0.2) is 0 Å². The maximum absolute atomic E-state index is 4.43. The van der Waals surface area contributed by atoms with E-state index in [0.717, 1.165) is 6.42 Å². The van der Waals surface area contributed by atoms with Crippen LogP contribution in [0.3, 0.4) is 0 Å². The predicted molar refractivity (Wildman–Crippen MR) is 169 cm³/mol. The smallest absolute Gasteiger partial charge is 0.195 e. The normalized spacial score (nSPS) is 18.2. The van der Waals surface area contributed by atoms with Gasteiger partial charge in [-0.25, -0.2) is 5.09 Å². The van der Waals surface area contributed by atoms with Crippen LogP contribution < -0.4 is 15.7 Å². The molecule has 0 saturated heterocycles. The van der Waals surface area contributed by atoms with Gasteiger partial charge in [-0.05, 0) is 76.1 Å². The van der Waals surface area contributed by atoms with E-state index in [0.29, 0.717) is 11.8 Å². The van der Waals surface area contributed by atoms with Gasteiger partial charge in [-0.15, -0.1) is 0 Å². The summed E-state index contributed by atoms with van der Waals surface area (Å²) in [5.41, 5.74) is 7.81. The third kappa shape index (κ3) is 4.48. The van der Waals surface area contributed by atoms with E-state index in [1.807, 2.05) is 0 Å².